The van der Waals surface area contributed by atoms with Gasteiger partial charge in [0.2, 0.25) is 5.91 Å². The summed E-state index contributed by atoms with van der Waals surface area (Å²) < 4.78 is 16.1. The molecule has 8 rings (SSSR count). The molecule has 0 saturated carbocycles. The predicted octanol–water partition coefficient (Wildman–Crippen LogP) is 9.19. The van der Waals surface area contributed by atoms with Gasteiger partial charge < -0.3 is 39.2 Å². The van der Waals surface area contributed by atoms with E-state index in [0.717, 1.165) is 88.7 Å². The second-order valence-corrected chi connectivity index (χ2v) is 16.6. The molecule has 2 aliphatic rings. The number of H-pyrrole nitrogens is 2. The number of rotatable bonds is 15. The Morgan fingerprint density at radius 1 is 0.848 bits per heavy atom. The minimum atomic E-state index is -0.586. The van der Waals surface area contributed by atoms with Gasteiger partial charge in [0.05, 0.1) is 69.8 Å². The van der Waals surface area contributed by atoms with Crippen molar-refractivity contribution in [1.82, 2.24) is 40.0 Å². The van der Waals surface area contributed by atoms with Gasteiger partial charge in [-0.3, -0.25) is 14.6 Å². The fraction of sp³-hybridized carbons (Fsp3) is 0.404. The quantitative estimate of drug-likeness (QED) is 0.0849. The number of carbonyl (C=O) groups is 3. The molecule has 2 amide bonds. The van der Waals surface area contributed by atoms with E-state index in [1.54, 1.807) is 0 Å². The van der Waals surface area contributed by atoms with Crippen LogP contribution in [0, 0.1) is 0 Å². The van der Waals surface area contributed by atoms with Gasteiger partial charge in [-0.15, -0.1) is 0 Å². The van der Waals surface area contributed by atoms with Gasteiger partial charge in [0, 0.05) is 18.5 Å². The number of hydrogen-bond donors (Lipinski definition) is 3. The molecule has 2 unspecified atom stereocenters. The van der Waals surface area contributed by atoms with Crippen LogP contribution in [0.15, 0.2) is 103 Å². The zero-order valence-corrected chi connectivity index (χ0v) is 39.5. The highest BCUT2D eigenvalue weighted by Gasteiger charge is 2.48. The number of methoxy groups -OCH3 is 1. The second kappa shape index (κ2) is 23.8. The number of carbonyl (C=O) groups excluding carboxylic acids is 3. The van der Waals surface area contributed by atoms with Crippen molar-refractivity contribution in [2.24, 2.45) is 0 Å². The van der Waals surface area contributed by atoms with Crippen molar-refractivity contribution in [1.29, 1.82) is 0 Å². The number of likely N-dealkylation sites (N-methyl/N-ethyl adjacent to an activating group) is 2. The van der Waals surface area contributed by atoms with Crippen LogP contribution in [0.25, 0.3) is 44.4 Å². The van der Waals surface area contributed by atoms with E-state index in [-0.39, 0.29) is 24.5 Å². The molecule has 2 saturated heterocycles. The molecule has 2 aromatic heterocycles. The molecular formula is C52H66N8O6. The number of likely N-dealkylation sites (tertiary alicyclic amines) is 1. The highest BCUT2D eigenvalue weighted by molar-refractivity contribution is 5.90. The third kappa shape index (κ3) is 12.2. The number of aldehydes is 1. The molecule has 3 N–H and O–H groups in total. The lowest BCUT2D eigenvalue weighted by molar-refractivity contribution is -0.145. The Labute approximate surface area is 389 Å². The van der Waals surface area contributed by atoms with Crippen LogP contribution < -0.4 is 5.32 Å². The van der Waals surface area contributed by atoms with Crippen molar-refractivity contribution in [3.63, 3.8) is 0 Å². The first-order chi connectivity index (χ1) is 32.1. The standard InChI is InChI=1S/C45H51N7O3.C4H7NO3.C3H8/c1-5-21-52(44(53)42(51(6-2)7-3)33-11-9-8-10-12-33)29-41-46-27-39(48-41)37-20-19-35-24-34(17-18-36(35)25-37)31-13-15-32(16-14-31)38-28-47-43(49-38)40-26-45(30-50(40)4)54-22-23-55-45;1-8-4(7)5-2-3-6;1-3-2/h8-20,24-25,27-28,40,42H,5-7,21-23,26,29-30H2,1-4H3,(H,46,48)(H,47,49);3H,2H2,1H3,(H,5,7);3H2,1-2H3. The van der Waals surface area contributed by atoms with Crippen molar-refractivity contribution in [3.05, 3.63) is 121 Å². The lowest BCUT2D eigenvalue weighted by Crippen LogP contribution is -2.43. The molecule has 66 heavy (non-hydrogen) atoms. The average Bonchev–Trinajstić information content (AvgIpc) is 4.19. The van der Waals surface area contributed by atoms with Crippen LogP contribution in [0.3, 0.4) is 0 Å². The molecule has 1 spiro atoms. The minimum absolute atomic E-state index is 0.00662. The summed E-state index contributed by atoms with van der Waals surface area (Å²) in [7, 11) is 3.34. The van der Waals surface area contributed by atoms with E-state index in [1.165, 1.54) is 18.9 Å². The maximum absolute atomic E-state index is 14.2. The number of nitrogens with one attached hydrogen (secondary N) is 3. The number of imidazole rings is 2. The summed E-state index contributed by atoms with van der Waals surface area (Å²) in [6.45, 7) is 15.3. The number of hydrogen-bond acceptors (Lipinski definition) is 10. The summed E-state index contributed by atoms with van der Waals surface area (Å²) in [6, 6.07) is 31.7. The van der Waals surface area contributed by atoms with E-state index in [0.29, 0.717) is 32.6 Å². The zero-order valence-electron chi connectivity index (χ0n) is 39.5. The number of nitrogens with zero attached hydrogens (tertiary/aromatic N) is 5. The second-order valence-electron chi connectivity index (χ2n) is 16.6. The molecule has 350 valence electrons. The monoisotopic (exact) mass is 899 g/mol. The van der Waals surface area contributed by atoms with Crippen LogP contribution >= 0.6 is 0 Å². The summed E-state index contributed by atoms with van der Waals surface area (Å²) >= 11 is 0. The number of aromatic nitrogens is 4. The van der Waals surface area contributed by atoms with Crippen molar-refractivity contribution < 1.29 is 28.6 Å². The molecular weight excluding hydrogens is 833 g/mol. The molecule has 2 atom stereocenters. The summed E-state index contributed by atoms with van der Waals surface area (Å²) in [5, 5.41) is 4.47. The predicted molar refractivity (Wildman–Crippen MR) is 259 cm³/mol. The van der Waals surface area contributed by atoms with E-state index >= 15 is 0 Å². The van der Waals surface area contributed by atoms with Gasteiger partial charge in [-0.1, -0.05) is 120 Å². The van der Waals surface area contributed by atoms with Gasteiger partial charge in [-0.25, -0.2) is 14.8 Å². The Morgan fingerprint density at radius 3 is 2.09 bits per heavy atom. The molecule has 4 aromatic carbocycles. The minimum Gasteiger partial charge on any atom is -0.453 e. The maximum Gasteiger partial charge on any atom is 0.407 e. The van der Waals surface area contributed by atoms with Gasteiger partial charge in [-0.2, -0.15) is 0 Å². The van der Waals surface area contributed by atoms with Crippen molar-refractivity contribution in [3.8, 4) is 33.6 Å². The largest absolute Gasteiger partial charge is 0.453 e. The van der Waals surface area contributed by atoms with Crippen LogP contribution in [-0.2, 0) is 30.3 Å². The van der Waals surface area contributed by atoms with E-state index in [9.17, 15) is 14.4 Å². The average molecular weight is 899 g/mol. The van der Waals surface area contributed by atoms with Crippen molar-refractivity contribution in [2.45, 2.75) is 78.3 Å². The molecule has 0 radical (unpaired) electrons. The number of aromatic amines is 2. The molecule has 4 heterocycles. The third-order valence-corrected chi connectivity index (χ3v) is 11.7. The van der Waals surface area contributed by atoms with Crippen molar-refractivity contribution >= 4 is 29.1 Å². The summed E-state index contributed by atoms with van der Waals surface area (Å²) in [5.41, 5.74) is 7.43. The summed E-state index contributed by atoms with van der Waals surface area (Å²) in [5.74, 6) is 1.32. The van der Waals surface area contributed by atoms with Crippen LogP contribution in [-0.4, -0.2) is 119 Å². The number of benzene rings is 4. The molecule has 0 aliphatic carbocycles. The molecule has 2 aliphatic heterocycles. The topological polar surface area (TPSA) is 158 Å². The van der Waals surface area contributed by atoms with Gasteiger partial charge in [0.15, 0.2) is 5.79 Å². The molecule has 2 fully saturated rings. The van der Waals surface area contributed by atoms with Gasteiger partial charge in [-0.05, 0) is 71.7 Å². The van der Waals surface area contributed by atoms with Gasteiger partial charge in [0.25, 0.3) is 0 Å². The van der Waals surface area contributed by atoms with Crippen LogP contribution in [0.2, 0.25) is 0 Å². The Balaban J connectivity index is 0.000000587. The van der Waals surface area contributed by atoms with Gasteiger partial charge in [0.1, 0.15) is 24.0 Å². The first-order valence-electron chi connectivity index (χ1n) is 23.1. The lowest BCUT2D eigenvalue weighted by Gasteiger charge is -2.33. The van der Waals surface area contributed by atoms with Crippen LogP contribution in [0.5, 0.6) is 0 Å². The van der Waals surface area contributed by atoms with Crippen LogP contribution in [0.1, 0.15) is 83.2 Å². The first-order valence-corrected chi connectivity index (χ1v) is 23.1. The maximum atomic E-state index is 14.2. The number of fused-ring (bicyclic) bond motifs is 1. The molecule has 14 heteroatoms. The third-order valence-electron chi connectivity index (χ3n) is 11.7. The van der Waals surface area contributed by atoms with E-state index < -0.39 is 11.9 Å². The normalized spacial score (nSPS) is 15.7. The molecule has 0 bridgehead atoms. The Bertz CT molecular complexity index is 2460. The Hall–Kier alpha value is -6.19. The summed E-state index contributed by atoms with van der Waals surface area (Å²) in [6.07, 6.45) is 6.69. The fourth-order valence-corrected chi connectivity index (χ4v) is 8.52. The first kappa shape index (κ1) is 49.2. The zero-order chi connectivity index (χ0) is 47.1. The fourth-order valence-electron chi connectivity index (χ4n) is 8.52. The Morgan fingerprint density at radius 2 is 1.45 bits per heavy atom. The van der Waals surface area contributed by atoms with E-state index in [2.05, 4.69) is 144 Å². The molecule has 6 aromatic rings. The SMILES string of the molecule is CCC.CCCN(Cc1ncc(-c2ccc3cc(-c4ccc(-c5cnc(C6CC7(CN6C)OCCO7)[nH]5)cc4)ccc3c2)[nH]1)C(=O)C(c1ccccc1)N(CC)CC.COC(=O)NCC=O. The highest BCUT2D eigenvalue weighted by Crippen LogP contribution is 2.41. The molecule has 14 nitrogen and oxygen atoms in total. The number of ether oxygens (including phenoxy) is 3. The number of amides is 2. The van der Waals surface area contributed by atoms with E-state index in [4.69, 9.17) is 19.4 Å². The number of alkyl carbamates (subject to hydrolysis) is 1. The lowest BCUT2D eigenvalue weighted by atomic mass is 9.98. The van der Waals surface area contributed by atoms with E-state index in [1.807, 2.05) is 35.5 Å². The van der Waals surface area contributed by atoms with Crippen LogP contribution in [0.4, 0.5) is 4.79 Å². The smallest absolute Gasteiger partial charge is 0.407 e. The Kier molecular flexibility index (Phi) is 17.8. The van der Waals surface area contributed by atoms with Gasteiger partial charge >= 0.3 is 6.09 Å². The van der Waals surface area contributed by atoms with Crippen molar-refractivity contribution in [2.75, 3.05) is 60.1 Å². The summed E-state index contributed by atoms with van der Waals surface area (Å²) in [4.78, 5) is 56.8. The highest BCUT2D eigenvalue weighted by atomic mass is 16.7.